The van der Waals surface area contributed by atoms with Gasteiger partial charge in [0, 0.05) is 19.5 Å². The van der Waals surface area contributed by atoms with Crippen molar-refractivity contribution >= 4 is 15.7 Å². The molecule has 0 saturated heterocycles. The van der Waals surface area contributed by atoms with Crippen molar-refractivity contribution < 1.29 is 23.1 Å². The molecule has 0 fully saturated rings. The second-order valence-corrected chi connectivity index (χ2v) is 11.3. The van der Waals surface area contributed by atoms with Gasteiger partial charge in [-0.25, -0.2) is 8.42 Å². The van der Waals surface area contributed by atoms with Crippen molar-refractivity contribution in [3.8, 4) is 5.75 Å². The standard InChI is InChI=1S/C26H38N2O5S/c1-20(2)12-14-34(31,32)15-13-26(30)28-24(17-21-8-5-4-6-9-21)25(29)19-27-18-22-10-7-11-23(16-22)33-3/h4-11,16,20,24-25,27,29H,12-15,17-19H2,1-3H3,(H,28,30)/t24-,25+/m0/s1. The molecule has 0 saturated carbocycles. The zero-order chi connectivity index (χ0) is 25.0. The highest BCUT2D eigenvalue weighted by molar-refractivity contribution is 7.91. The summed E-state index contributed by atoms with van der Waals surface area (Å²) in [5, 5.41) is 16.9. The van der Waals surface area contributed by atoms with E-state index in [4.69, 9.17) is 4.74 Å². The van der Waals surface area contributed by atoms with Crippen LogP contribution in [0, 0.1) is 5.92 Å². The monoisotopic (exact) mass is 490 g/mol. The first-order valence-corrected chi connectivity index (χ1v) is 13.6. The highest BCUT2D eigenvalue weighted by Gasteiger charge is 2.23. The highest BCUT2D eigenvalue weighted by Crippen LogP contribution is 2.13. The minimum absolute atomic E-state index is 0.0855. The number of amides is 1. The van der Waals surface area contributed by atoms with E-state index in [1.165, 1.54) is 0 Å². The molecule has 0 spiro atoms. The third-order valence-electron chi connectivity index (χ3n) is 5.57. The molecule has 3 N–H and O–H groups in total. The van der Waals surface area contributed by atoms with Crippen LogP contribution in [-0.2, 0) is 27.6 Å². The Morgan fingerprint density at radius 1 is 1.03 bits per heavy atom. The second-order valence-electron chi connectivity index (χ2n) is 9.00. The van der Waals surface area contributed by atoms with Crippen LogP contribution in [0.5, 0.6) is 5.75 Å². The number of hydrogen-bond acceptors (Lipinski definition) is 6. The molecule has 0 bridgehead atoms. The van der Waals surface area contributed by atoms with Gasteiger partial charge in [-0.3, -0.25) is 4.79 Å². The van der Waals surface area contributed by atoms with Crippen LogP contribution in [0.4, 0.5) is 0 Å². The van der Waals surface area contributed by atoms with E-state index in [1.807, 2.05) is 68.4 Å². The van der Waals surface area contributed by atoms with Crippen molar-refractivity contribution in [1.82, 2.24) is 10.6 Å². The van der Waals surface area contributed by atoms with Gasteiger partial charge >= 0.3 is 0 Å². The quantitative estimate of drug-likeness (QED) is 0.355. The summed E-state index contributed by atoms with van der Waals surface area (Å²) in [6.07, 6.45) is 0.0510. The van der Waals surface area contributed by atoms with Crippen LogP contribution < -0.4 is 15.4 Å². The fourth-order valence-electron chi connectivity index (χ4n) is 3.48. The lowest BCUT2D eigenvalue weighted by molar-refractivity contribution is -0.122. The van der Waals surface area contributed by atoms with Crippen LogP contribution in [0.1, 0.15) is 37.8 Å². The molecule has 8 heteroatoms. The minimum atomic E-state index is -3.28. The molecular weight excluding hydrogens is 452 g/mol. The maximum Gasteiger partial charge on any atom is 0.221 e. The van der Waals surface area contributed by atoms with Gasteiger partial charge in [-0.2, -0.15) is 0 Å². The van der Waals surface area contributed by atoms with Crippen molar-refractivity contribution in [2.24, 2.45) is 5.92 Å². The lowest BCUT2D eigenvalue weighted by atomic mass is 10.0. The molecule has 0 radical (unpaired) electrons. The maximum absolute atomic E-state index is 12.6. The Labute approximate surface area is 203 Å². The number of methoxy groups -OCH3 is 1. The molecule has 0 unspecified atom stereocenters. The van der Waals surface area contributed by atoms with E-state index in [0.29, 0.717) is 25.3 Å². The zero-order valence-electron chi connectivity index (χ0n) is 20.4. The summed E-state index contributed by atoms with van der Waals surface area (Å²) in [6.45, 7) is 4.75. The number of hydrogen-bond donors (Lipinski definition) is 3. The Morgan fingerprint density at radius 2 is 1.74 bits per heavy atom. The summed E-state index contributed by atoms with van der Waals surface area (Å²) in [6, 6.07) is 16.7. The maximum atomic E-state index is 12.6. The molecule has 34 heavy (non-hydrogen) atoms. The number of sulfone groups is 1. The van der Waals surface area contributed by atoms with E-state index in [9.17, 15) is 18.3 Å². The predicted octanol–water partition coefficient (Wildman–Crippen LogP) is 2.72. The molecular formula is C26H38N2O5S. The average molecular weight is 491 g/mol. The van der Waals surface area contributed by atoms with Crippen LogP contribution in [-0.4, -0.2) is 56.7 Å². The van der Waals surface area contributed by atoms with Gasteiger partial charge in [-0.05, 0) is 42.0 Å². The summed E-state index contributed by atoms with van der Waals surface area (Å²) >= 11 is 0. The van der Waals surface area contributed by atoms with Crippen molar-refractivity contribution in [2.75, 3.05) is 25.2 Å². The third kappa shape index (κ3) is 10.7. The van der Waals surface area contributed by atoms with Crippen LogP contribution >= 0.6 is 0 Å². The molecule has 0 aliphatic carbocycles. The number of aliphatic hydroxyl groups is 1. The Bertz CT molecular complexity index is 980. The van der Waals surface area contributed by atoms with E-state index in [2.05, 4.69) is 10.6 Å². The molecule has 0 aromatic heterocycles. The van der Waals surface area contributed by atoms with Crippen molar-refractivity contribution in [3.05, 3.63) is 65.7 Å². The molecule has 188 valence electrons. The van der Waals surface area contributed by atoms with Gasteiger partial charge < -0.3 is 20.5 Å². The minimum Gasteiger partial charge on any atom is -0.497 e. The zero-order valence-corrected chi connectivity index (χ0v) is 21.2. The lowest BCUT2D eigenvalue weighted by Crippen LogP contribution is -2.49. The van der Waals surface area contributed by atoms with Gasteiger partial charge in [-0.15, -0.1) is 0 Å². The summed E-state index contributed by atoms with van der Waals surface area (Å²) in [5.74, 6) is 0.576. The summed E-state index contributed by atoms with van der Waals surface area (Å²) in [7, 11) is -1.67. The number of rotatable bonds is 15. The van der Waals surface area contributed by atoms with E-state index in [0.717, 1.165) is 16.9 Å². The fraction of sp³-hybridized carbons (Fsp3) is 0.500. The number of nitrogens with one attached hydrogen (secondary N) is 2. The number of benzene rings is 2. The smallest absolute Gasteiger partial charge is 0.221 e. The van der Waals surface area contributed by atoms with Crippen molar-refractivity contribution in [1.29, 1.82) is 0 Å². The van der Waals surface area contributed by atoms with E-state index < -0.39 is 22.0 Å². The number of ether oxygens (including phenoxy) is 1. The Hall–Kier alpha value is -2.42. The van der Waals surface area contributed by atoms with Crippen LogP contribution in [0.25, 0.3) is 0 Å². The topological polar surface area (TPSA) is 105 Å². The largest absolute Gasteiger partial charge is 0.497 e. The summed E-state index contributed by atoms with van der Waals surface area (Å²) in [5.41, 5.74) is 1.99. The SMILES string of the molecule is COc1cccc(CNC[C@@H](O)[C@H](Cc2ccccc2)NC(=O)CCS(=O)(=O)CCC(C)C)c1. The van der Waals surface area contributed by atoms with Gasteiger partial charge in [-0.1, -0.05) is 56.3 Å². The van der Waals surface area contributed by atoms with E-state index in [1.54, 1.807) is 7.11 Å². The Morgan fingerprint density at radius 3 is 2.41 bits per heavy atom. The molecule has 0 heterocycles. The van der Waals surface area contributed by atoms with Gasteiger partial charge in [0.2, 0.25) is 5.91 Å². The molecule has 0 aliphatic heterocycles. The number of aliphatic hydroxyl groups excluding tert-OH is 1. The fourth-order valence-corrected chi connectivity index (χ4v) is 5.02. The highest BCUT2D eigenvalue weighted by atomic mass is 32.2. The predicted molar refractivity (Wildman–Crippen MR) is 136 cm³/mol. The summed E-state index contributed by atoms with van der Waals surface area (Å²) in [4.78, 5) is 12.6. The third-order valence-corrected chi connectivity index (χ3v) is 7.26. The second kappa shape index (κ2) is 14.1. The van der Waals surface area contributed by atoms with Gasteiger partial charge in [0.1, 0.15) is 5.75 Å². The molecule has 2 rings (SSSR count). The summed E-state index contributed by atoms with van der Waals surface area (Å²) < 4.78 is 29.7. The molecule has 2 atom stereocenters. The lowest BCUT2D eigenvalue weighted by Gasteiger charge is -2.25. The van der Waals surface area contributed by atoms with Crippen LogP contribution in [0.2, 0.25) is 0 Å². The van der Waals surface area contributed by atoms with Gasteiger partial charge in [0.25, 0.3) is 0 Å². The molecule has 2 aromatic carbocycles. The van der Waals surface area contributed by atoms with Gasteiger partial charge in [0.15, 0.2) is 9.84 Å². The van der Waals surface area contributed by atoms with E-state index in [-0.39, 0.29) is 30.4 Å². The molecule has 1 amide bonds. The van der Waals surface area contributed by atoms with Crippen molar-refractivity contribution in [2.45, 2.75) is 51.8 Å². The van der Waals surface area contributed by atoms with Crippen LogP contribution in [0.3, 0.4) is 0 Å². The van der Waals surface area contributed by atoms with Crippen molar-refractivity contribution in [3.63, 3.8) is 0 Å². The first-order chi connectivity index (χ1) is 16.2. The normalized spacial score (nSPS) is 13.4. The molecule has 2 aromatic rings. The Kier molecular flexibility index (Phi) is 11.5. The number of carbonyl (C=O) groups excluding carboxylic acids is 1. The molecule has 0 aliphatic rings. The van der Waals surface area contributed by atoms with Crippen LogP contribution in [0.15, 0.2) is 54.6 Å². The van der Waals surface area contributed by atoms with Gasteiger partial charge in [0.05, 0.1) is 30.8 Å². The Balaban J connectivity index is 1.94. The number of carbonyl (C=O) groups is 1. The first kappa shape index (κ1) is 27.8. The molecule has 7 nitrogen and oxygen atoms in total. The first-order valence-electron chi connectivity index (χ1n) is 11.7. The van der Waals surface area contributed by atoms with E-state index >= 15 is 0 Å². The average Bonchev–Trinajstić information content (AvgIpc) is 2.82.